The second kappa shape index (κ2) is 5.09. The molecule has 1 aliphatic heterocycles. The summed E-state index contributed by atoms with van der Waals surface area (Å²) in [6, 6.07) is 6.08. The molecule has 2 rings (SSSR count). The maximum absolute atomic E-state index is 12.0. The van der Waals surface area contributed by atoms with E-state index < -0.39 is 0 Å². The molecule has 0 saturated carbocycles. The molecule has 4 heteroatoms. The molecule has 1 amide bonds. The number of amides is 1. The van der Waals surface area contributed by atoms with Crippen LogP contribution in [0.25, 0.3) is 0 Å². The van der Waals surface area contributed by atoms with Gasteiger partial charge in [0.05, 0.1) is 0 Å². The number of hydrazine groups is 1. The zero-order chi connectivity index (χ0) is 15.1. The Labute approximate surface area is 121 Å². The number of hydrogen-bond acceptors (Lipinski definition) is 3. The van der Waals surface area contributed by atoms with Crippen molar-refractivity contribution in [3.05, 3.63) is 29.3 Å². The number of benzene rings is 1. The summed E-state index contributed by atoms with van der Waals surface area (Å²) in [6.45, 7) is 10.7. The van der Waals surface area contributed by atoms with Crippen molar-refractivity contribution in [1.29, 1.82) is 0 Å². The van der Waals surface area contributed by atoms with E-state index in [2.05, 4.69) is 56.2 Å². The largest absolute Gasteiger partial charge is 0.354 e. The summed E-state index contributed by atoms with van der Waals surface area (Å²) < 4.78 is 0. The normalized spacial score (nSPS) is 22.1. The molecule has 1 heterocycles. The molecule has 20 heavy (non-hydrogen) atoms. The third kappa shape index (κ3) is 2.29. The topological polar surface area (TPSA) is 58.4 Å². The average Bonchev–Trinajstić information content (AvgIpc) is 2.37. The lowest BCUT2D eigenvalue weighted by molar-refractivity contribution is -0.122. The SMILES string of the molecule is Cc1cccc2c1N([C@@H](C)C(=O)NN)C(C)(C)C[C@H]2C. The van der Waals surface area contributed by atoms with Gasteiger partial charge in [-0.3, -0.25) is 10.2 Å². The Balaban J connectivity index is 2.59. The standard InChI is InChI=1S/C16H25N3O/c1-10-7-6-8-13-11(2)9-16(4,5)19(14(10)13)12(3)15(20)18-17/h6-8,11-12H,9,17H2,1-5H3,(H,18,20)/t11-,12+/m1/s1. The fourth-order valence-corrected chi connectivity index (χ4v) is 3.62. The van der Waals surface area contributed by atoms with Gasteiger partial charge < -0.3 is 4.90 Å². The van der Waals surface area contributed by atoms with Crippen LogP contribution in [-0.2, 0) is 4.79 Å². The highest BCUT2D eigenvalue weighted by Crippen LogP contribution is 2.45. The maximum Gasteiger partial charge on any atom is 0.256 e. The molecule has 4 nitrogen and oxygen atoms in total. The van der Waals surface area contributed by atoms with Crippen molar-refractivity contribution in [3.8, 4) is 0 Å². The number of para-hydroxylation sites is 1. The fraction of sp³-hybridized carbons (Fsp3) is 0.562. The van der Waals surface area contributed by atoms with E-state index >= 15 is 0 Å². The van der Waals surface area contributed by atoms with Crippen molar-refractivity contribution in [2.24, 2.45) is 5.84 Å². The van der Waals surface area contributed by atoms with E-state index in [0.717, 1.165) is 6.42 Å². The smallest absolute Gasteiger partial charge is 0.256 e. The van der Waals surface area contributed by atoms with Gasteiger partial charge in [0, 0.05) is 11.2 Å². The number of fused-ring (bicyclic) bond motifs is 1. The van der Waals surface area contributed by atoms with Crippen molar-refractivity contribution >= 4 is 11.6 Å². The van der Waals surface area contributed by atoms with Gasteiger partial charge in [0.15, 0.2) is 0 Å². The molecular formula is C16H25N3O. The van der Waals surface area contributed by atoms with Gasteiger partial charge in [-0.15, -0.1) is 0 Å². The summed E-state index contributed by atoms with van der Waals surface area (Å²) in [7, 11) is 0. The van der Waals surface area contributed by atoms with Crippen molar-refractivity contribution < 1.29 is 4.79 Å². The highest BCUT2D eigenvalue weighted by molar-refractivity contribution is 5.86. The van der Waals surface area contributed by atoms with E-state index in [-0.39, 0.29) is 17.5 Å². The molecular weight excluding hydrogens is 250 g/mol. The number of aryl methyl sites for hydroxylation is 1. The molecule has 0 radical (unpaired) electrons. The van der Waals surface area contributed by atoms with Crippen molar-refractivity contribution in [1.82, 2.24) is 5.43 Å². The minimum Gasteiger partial charge on any atom is -0.354 e. The summed E-state index contributed by atoms with van der Waals surface area (Å²) in [5.74, 6) is 5.67. The Bertz CT molecular complexity index is 524. The number of rotatable bonds is 2. The molecule has 0 fully saturated rings. The predicted molar refractivity (Wildman–Crippen MR) is 82.6 cm³/mol. The summed E-state index contributed by atoms with van der Waals surface area (Å²) >= 11 is 0. The first-order valence-electron chi connectivity index (χ1n) is 7.19. The monoisotopic (exact) mass is 275 g/mol. The van der Waals surface area contributed by atoms with Crippen LogP contribution >= 0.6 is 0 Å². The van der Waals surface area contributed by atoms with E-state index in [9.17, 15) is 4.79 Å². The Morgan fingerprint density at radius 1 is 1.50 bits per heavy atom. The number of hydrogen-bond donors (Lipinski definition) is 2. The number of carbonyl (C=O) groups is 1. The van der Waals surface area contributed by atoms with Crippen LogP contribution < -0.4 is 16.2 Å². The van der Waals surface area contributed by atoms with Gasteiger partial charge in [-0.2, -0.15) is 0 Å². The summed E-state index contributed by atoms with van der Waals surface area (Å²) in [5, 5.41) is 0. The van der Waals surface area contributed by atoms with Gasteiger partial charge >= 0.3 is 0 Å². The van der Waals surface area contributed by atoms with E-state index in [1.165, 1.54) is 16.8 Å². The Hall–Kier alpha value is -1.55. The highest BCUT2D eigenvalue weighted by atomic mass is 16.2. The lowest BCUT2D eigenvalue weighted by Crippen LogP contribution is -2.58. The minimum absolute atomic E-state index is 0.0789. The Morgan fingerprint density at radius 3 is 2.75 bits per heavy atom. The molecule has 1 aromatic carbocycles. The molecule has 1 aromatic rings. The number of nitrogens with one attached hydrogen (secondary N) is 1. The summed E-state index contributed by atoms with van der Waals surface area (Å²) in [6.07, 6.45) is 1.02. The fourth-order valence-electron chi connectivity index (χ4n) is 3.62. The van der Waals surface area contributed by atoms with E-state index in [0.29, 0.717) is 5.92 Å². The van der Waals surface area contributed by atoms with Crippen molar-refractivity contribution in [3.63, 3.8) is 0 Å². The molecule has 1 aliphatic rings. The summed E-state index contributed by atoms with van der Waals surface area (Å²) in [4.78, 5) is 14.2. The summed E-state index contributed by atoms with van der Waals surface area (Å²) in [5.41, 5.74) is 5.92. The van der Waals surface area contributed by atoms with Crippen LogP contribution in [0.5, 0.6) is 0 Å². The molecule has 3 N–H and O–H groups in total. The lowest BCUT2D eigenvalue weighted by Gasteiger charge is -2.50. The number of nitrogens with zero attached hydrogens (tertiary/aromatic N) is 1. The van der Waals surface area contributed by atoms with Gasteiger partial charge in [0.2, 0.25) is 0 Å². The van der Waals surface area contributed by atoms with E-state index in [4.69, 9.17) is 5.84 Å². The molecule has 0 spiro atoms. The molecule has 110 valence electrons. The zero-order valence-electron chi connectivity index (χ0n) is 13.0. The predicted octanol–water partition coefficient (Wildman–Crippen LogP) is 2.47. The Morgan fingerprint density at radius 2 is 2.15 bits per heavy atom. The first kappa shape index (κ1) is 14.9. The zero-order valence-corrected chi connectivity index (χ0v) is 13.0. The van der Waals surface area contributed by atoms with Gasteiger partial charge in [-0.05, 0) is 51.2 Å². The number of anilines is 1. The number of carbonyl (C=O) groups excluding carboxylic acids is 1. The molecule has 2 atom stereocenters. The van der Waals surface area contributed by atoms with Crippen LogP contribution in [0.3, 0.4) is 0 Å². The minimum atomic E-state index is -0.289. The molecule has 0 unspecified atom stereocenters. The second-order valence-electron chi connectivity index (χ2n) is 6.48. The molecule has 0 aromatic heterocycles. The maximum atomic E-state index is 12.0. The quantitative estimate of drug-likeness (QED) is 0.495. The lowest BCUT2D eigenvalue weighted by atomic mass is 9.78. The third-order valence-electron chi connectivity index (χ3n) is 4.41. The van der Waals surface area contributed by atoms with Crippen LogP contribution in [-0.4, -0.2) is 17.5 Å². The number of nitrogens with two attached hydrogens (primary N) is 1. The van der Waals surface area contributed by atoms with Gasteiger partial charge in [0.25, 0.3) is 5.91 Å². The van der Waals surface area contributed by atoms with Crippen molar-refractivity contribution in [2.75, 3.05) is 4.90 Å². The highest BCUT2D eigenvalue weighted by Gasteiger charge is 2.41. The Kier molecular flexibility index (Phi) is 3.78. The van der Waals surface area contributed by atoms with Crippen LogP contribution in [0.4, 0.5) is 5.69 Å². The van der Waals surface area contributed by atoms with E-state index in [1.807, 2.05) is 6.92 Å². The first-order chi connectivity index (χ1) is 9.29. The van der Waals surface area contributed by atoms with Gasteiger partial charge in [-0.25, -0.2) is 5.84 Å². The average molecular weight is 275 g/mol. The van der Waals surface area contributed by atoms with E-state index in [1.54, 1.807) is 0 Å². The first-order valence-corrected chi connectivity index (χ1v) is 7.19. The van der Waals surface area contributed by atoms with Crippen LogP contribution in [0, 0.1) is 6.92 Å². The molecule has 0 bridgehead atoms. The van der Waals surface area contributed by atoms with Gasteiger partial charge in [0.1, 0.15) is 6.04 Å². The molecule has 0 aliphatic carbocycles. The van der Waals surface area contributed by atoms with Gasteiger partial charge in [-0.1, -0.05) is 25.1 Å². The van der Waals surface area contributed by atoms with Crippen LogP contribution in [0.2, 0.25) is 0 Å². The second-order valence-corrected chi connectivity index (χ2v) is 6.48. The third-order valence-corrected chi connectivity index (χ3v) is 4.41. The molecule has 0 saturated heterocycles. The van der Waals surface area contributed by atoms with Crippen molar-refractivity contribution in [2.45, 2.75) is 58.5 Å². The van der Waals surface area contributed by atoms with Crippen LogP contribution in [0.15, 0.2) is 18.2 Å². The van der Waals surface area contributed by atoms with Crippen LogP contribution in [0.1, 0.15) is 51.2 Å².